The van der Waals surface area contributed by atoms with Gasteiger partial charge in [0.05, 0.1) is 15.7 Å². The van der Waals surface area contributed by atoms with Gasteiger partial charge < -0.3 is 10.1 Å². The lowest BCUT2D eigenvalue weighted by Crippen LogP contribution is -2.08. The number of rotatable bonds is 6. The highest BCUT2D eigenvalue weighted by Crippen LogP contribution is 2.29. The minimum Gasteiger partial charge on any atom is -0.439 e. The van der Waals surface area contributed by atoms with Crippen LogP contribution in [-0.4, -0.2) is 25.2 Å². The fourth-order valence-corrected chi connectivity index (χ4v) is 2.88. The molecule has 4 aromatic rings. The van der Waals surface area contributed by atoms with Crippen LogP contribution < -0.4 is 10.1 Å². The monoisotopic (exact) mass is 412 g/mol. The molecule has 9 heteroatoms. The molecule has 140 valence electrons. The quantitative estimate of drug-likeness (QED) is 0.491. The number of nitrogens with zero attached hydrogens (tertiary/aromatic N) is 5. The molecule has 7 nitrogen and oxygen atoms in total. The predicted octanol–water partition coefficient (Wildman–Crippen LogP) is 4.77. The fraction of sp³-hybridized carbons (Fsp3) is 0.0526. The summed E-state index contributed by atoms with van der Waals surface area (Å²) in [6.07, 6.45) is 1.68. The normalized spacial score (nSPS) is 10.6. The van der Waals surface area contributed by atoms with Gasteiger partial charge in [0.15, 0.2) is 0 Å². The van der Waals surface area contributed by atoms with E-state index in [2.05, 4.69) is 25.8 Å². The Morgan fingerprint density at radius 2 is 1.82 bits per heavy atom. The Morgan fingerprint density at radius 1 is 0.964 bits per heavy atom. The summed E-state index contributed by atoms with van der Waals surface area (Å²) in [6, 6.07) is 18.5. The van der Waals surface area contributed by atoms with Gasteiger partial charge in [0.25, 0.3) is 0 Å². The van der Waals surface area contributed by atoms with Crippen LogP contribution in [0, 0.1) is 0 Å². The first-order valence-corrected chi connectivity index (χ1v) is 9.11. The van der Waals surface area contributed by atoms with Crippen molar-refractivity contribution in [1.82, 2.24) is 25.2 Å². The molecule has 0 radical (unpaired) electrons. The van der Waals surface area contributed by atoms with Crippen LogP contribution in [0.25, 0.3) is 5.69 Å². The van der Waals surface area contributed by atoms with Gasteiger partial charge in [-0.25, -0.2) is 4.98 Å². The molecule has 0 aliphatic rings. The molecule has 2 heterocycles. The van der Waals surface area contributed by atoms with Gasteiger partial charge in [-0.3, -0.25) is 0 Å². The Bertz CT molecular complexity index is 1070. The average Bonchev–Trinajstić information content (AvgIpc) is 3.19. The van der Waals surface area contributed by atoms with Crippen LogP contribution in [0.2, 0.25) is 10.0 Å². The lowest BCUT2D eigenvalue weighted by atomic mass is 10.2. The van der Waals surface area contributed by atoms with Crippen molar-refractivity contribution in [2.45, 2.75) is 6.54 Å². The summed E-state index contributed by atoms with van der Waals surface area (Å²) < 4.78 is 7.20. The third kappa shape index (κ3) is 4.05. The number of nitrogens with one attached hydrogen (secondary N) is 1. The van der Waals surface area contributed by atoms with Gasteiger partial charge in [0, 0.05) is 18.8 Å². The van der Waals surface area contributed by atoms with Crippen LogP contribution in [0.15, 0.2) is 66.9 Å². The van der Waals surface area contributed by atoms with Gasteiger partial charge in [0.2, 0.25) is 11.8 Å². The number of tetrazole rings is 1. The molecule has 0 bridgehead atoms. The SMILES string of the molecule is Clc1cccc(-n2nnnc2NCc2ccc(Oc3ccccn3)cc2)c1Cl. The Morgan fingerprint density at radius 3 is 2.61 bits per heavy atom. The molecule has 4 rings (SSSR count). The molecule has 2 aromatic carbocycles. The van der Waals surface area contributed by atoms with Crippen LogP contribution in [0.1, 0.15) is 5.56 Å². The fourth-order valence-electron chi connectivity index (χ4n) is 2.50. The number of hydrogen-bond acceptors (Lipinski definition) is 6. The smallest absolute Gasteiger partial charge is 0.248 e. The summed E-state index contributed by atoms with van der Waals surface area (Å²) in [5, 5.41) is 15.7. The molecule has 0 saturated carbocycles. The van der Waals surface area contributed by atoms with Crippen molar-refractivity contribution >= 4 is 29.2 Å². The number of ether oxygens (including phenoxy) is 1. The van der Waals surface area contributed by atoms with Crippen molar-refractivity contribution in [3.05, 3.63) is 82.5 Å². The second-order valence-corrected chi connectivity index (χ2v) is 6.54. The second kappa shape index (κ2) is 8.24. The third-order valence-corrected chi connectivity index (χ3v) is 4.67. The first-order chi connectivity index (χ1) is 13.7. The minimum absolute atomic E-state index is 0.385. The summed E-state index contributed by atoms with van der Waals surface area (Å²) in [5.74, 6) is 1.71. The van der Waals surface area contributed by atoms with E-state index < -0.39 is 0 Å². The first-order valence-electron chi connectivity index (χ1n) is 8.35. The largest absolute Gasteiger partial charge is 0.439 e. The van der Waals surface area contributed by atoms with Gasteiger partial charge in [-0.2, -0.15) is 4.68 Å². The maximum Gasteiger partial charge on any atom is 0.248 e. The van der Waals surface area contributed by atoms with E-state index in [1.807, 2.05) is 36.4 Å². The van der Waals surface area contributed by atoms with Gasteiger partial charge in [-0.1, -0.05) is 52.6 Å². The summed E-state index contributed by atoms with van der Waals surface area (Å²) >= 11 is 12.3. The summed E-state index contributed by atoms with van der Waals surface area (Å²) in [6.45, 7) is 0.516. The average molecular weight is 413 g/mol. The number of anilines is 1. The Balaban J connectivity index is 1.44. The first kappa shape index (κ1) is 18.2. The molecule has 2 aromatic heterocycles. The second-order valence-electron chi connectivity index (χ2n) is 5.75. The maximum atomic E-state index is 6.26. The molecule has 0 amide bonds. The van der Waals surface area contributed by atoms with Crippen molar-refractivity contribution in [2.24, 2.45) is 0 Å². The van der Waals surface area contributed by atoms with Crippen LogP contribution in [-0.2, 0) is 6.54 Å². The molecule has 0 unspecified atom stereocenters. The molecular formula is C19H14Cl2N6O. The zero-order valence-electron chi connectivity index (χ0n) is 14.5. The van der Waals surface area contributed by atoms with Gasteiger partial charge in [-0.05, 0) is 46.3 Å². The van der Waals surface area contributed by atoms with E-state index in [1.165, 1.54) is 4.68 Å². The van der Waals surface area contributed by atoms with E-state index >= 15 is 0 Å². The van der Waals surface area contributed by atoms with Crippen LogP contribution in [0.4, 0.5) is 5.95 Å². The maximum absolute atomic E-state index is 6.26. The van der Waals surface area contributed by atoms with Crippen molar-refractivity contribution in [2.75, 3.05) is 5.32 Å². The molecule has 0 spiro atoms. The number of halogens is 2. The van der Waals surface area contributed by atoms with E-state index in [1.54, 1.807) is 30.5 Å². The highest BCUT2D eigenvalue weighted by molar-refractivity contribution is 6.43. The molecule has 0 atom stereocenters. The zero-order chi connectivity index (χ0) is 19.3. The van der Waals surface area contributed by atoms with E-state index in [-0.39, 0.29) is 0 Å². The van der Waals surface area contributed by atoms with Crippen molar-refractivity contribution in [1.29, 1.82) is 0 Å². The molecule has 28 heavy (non-hydrogen) atoms. The Hall–Kier alpha value is -3.16. The van der Waals surface area contributed by atoms with E-state index in [4.69, 9.17) is 27.9 Å². The number of hydrogen-bond donors (Lipinski definition) is 1. The highest BCUT2D eigenvalue weighted by Gasteiger charge is 2.13. The van der Waals surface area contributed by atoms with Gasteiger partial charge >= 0.3 is 0 Å². The number of benzene rings is 2. The van der Waals surface area contributed by atoms with Gasteiger partial charge in [0.1, 0.15) is 5.75 Å². The summed E-state index contributed by atoms with van der Waals surface area (Å²) in [4.78, 5) is 4.14. The third-order valence-electron chi connectivity index (χ3n) is 3.86. The van der Waals surface area contributed by atoms with Crippen LogP contribution in [0.5, 0.6) is 11.6 Å². The van der Waals surface area contributed by atoms with E-state index in [9.17, 15) is 0 Å². The number of aromatic nitrogens is 5. The molecule has 0 saturated heterocycles. The van der Waals surface area contributed by atoms with E-state index in [0.717, 1.165) is 5.56 Å². The van der Waals surface area contributed by atoms with E-state index in [0.29, 0.717) is 39.9 Å². The minimum atomic E-state index is 0.385. The Kier molecular flexibility index (Phi) is 5.36. The Labute approximate surface area is 170 Å². The molecule has 0 fully saturated rings. The van der Waals surface area contributed by atoms with Crippen molar-refractivity contribution in [3.8, 4) is 17.3 Å². The van der Waals surface area contributed by atoms with Crippen LogP contribution in [0.3, 0.4) is 0 Å². The van der Waals surface area contributed by atoms with Crippen LogP contribution >= 0.6 is 23.2 Å². The highest BCUT2D eigenvalue weighted by atomic mass is 35.5. The predicted molar refractivity (Wildman–Crippen MR) is 107 cm³/mol. The molecule has 0 aliphatic heterocycles. The van der Waals surface area contributed by atoms with Crippen molar-refractivity contribution < 1.29 is 4.74 Å². The summed E-state index contributed by atoms with van der Waals surface area (Å²) in [7, 11) is 0. The topological polar surface area (TPSA) is 77.8 Å². The molecule has 1 N–H and O–H groups in total. The standard InChI is InChI=1S/C19H14Cl2N6O/c20-15-4-3-5-16(18(15)21)27-19(24-25-26-27)23-12-13-7-9-14(10-8-13)28-17-6-1-2-11-22-17/h1-11H,12H2,(H,23,24,26). The molecule has 0 aliphatic carbocycles. The lowest BCUT2D eigenvalue weighted by molar-refractivity contribution is 0.463. The number of pyridine rings is 1. The lowest BCUT2D eigenvalue weighted by Gasteiger charge is -2.10. The molecular weight excluding hydrogens is 399 g/mol. The summed E-state index contributed by atoms with van der Waals surface area (Å²) in [5.41, 5.74) is 1.63. The van der Waals surface area contributed by atoms with Gasteiger partial charge in [-0.15, -0.1) is 0 Å². The zero-order valence-corrected chi connectivity index (χ0v) is 16.0. The van der Waals surface area contributed by atoms with Crippen molar-refractivity contribution in [3.63, 3.8) is 0 Å².